The van der Waals surface area contributed by atoms with E-state index in [1.165, 1.54) is 4.57 Å². The Balaban J connectivity index is 2.29. The molecule has 6 heteroatoms. The molecule has 0 atom stereocenters. The van der Waals surface area contributed by atoms with E-state index in [9.17, 15) is 14.9 Å². The lowest BCUT2D eigenvalue weighted by Crippen LogP contribution is -2.26. The van der Waals surface area contributed by atoms with Crippen molar-refractivity contribution in [2.45, 2.75) is 45.2 Å². The monoisotopic (exact) mass is 301 g/mol. The van der Waals surface area contributed by atoms with E-state index in [1.54, 1.807) is 0 Å². The molecule has 22 heavy (non-hydrogen) atoms. The standard InChI is InChI=1S/C16H19N3O3/c1-2-18-13-10-6-5-9-12(13)14(15(16(18)20)19(21)22)17-11-7-3-4-8-11/h5-6,9-11,17H,2-4,7-8H2,1H3. The number of aryl methyl sites for hydroxylation is 1. The molecule has 0 unspecified atom stereocenters. The minimum Gasteiger partial charge on any atom is -0.376 e. The Hall–Kier alpha value is -2.37. The first-order chi connectivity index (χ1) is 10.6. The number of hydrogen-bond donors (Lipinski definition) is 1. The highest BCUT2D eigenvalue weighted by atomic mass is 16.6. The van der Waals surface area contributed by atoms with Crippen LogP contribution in [0.25, 0.3) is 10.9 Å². The van der Waals surface area contributed by atoms with Crippen LogP contribution in [0.2, 0.25) is 0 Å². The Morgan fingerprint density at radius 3 is 2.64 bits per heavy atom. The summed E-state index contributed by atoms with van der Waals surface area (Å²) in [5, 5.41) is 15.5. The number of anilines is 1. The lowest BCUT2D eigenvalue weighted by molar-refractivity contribution is -0.385. The van der Waals surface area contributed by atoms with E-state index in [0.29, 0.717) is 12.2 Å². The Labute approximate surface area is 127 Å². The van der Waals surface area contributed by atoms with E-state index < -0.39 is 10.5 Å². The van der Waals surface area contributed by atoms with E-state index in [0.717, 1.165) is 36.6 Å². The molecule has 2 aromatic rings. The average molecular weight is 301 g/mol. The highest BCUT2D eigenvalue weighted by Gasteiger charge is 2.27. The van der Waals surface area contributed by atoms with Gasteiger partial charge in [0.1, 0.15) is 5.69 Å². The highest BCUT2D eigenvalue weighted by Crippen LogP contribution is 2.33. The molecule has 1 aliphatic carbocycles. The van der Waals surface area contributed by atoms with Crippen molar-refractivity contribution in [3.8, 4) is 0 Å². The van der Waals surface area contributed by atoms with Crippen molar-refractivity contribution in [2.75, 3.05) is 5.32 Å². The van der Waals surface area contributed by atoms with Gasteiger partial charge < -0.3 is 9.88 Å². The van der Waals surface area contributed by atoms with E-state index in [-0.39, 0.29) is 11.7 Å². The number of para-hydroxylation sites is 1. The van der Waals surface area contributed by atoms with Crippen molar-refractivity contribution >= 4 is 22.3 Å². The number of pyridine rings is 1. The molecule has 1 fully saturated rings. The van der Waals surface area contributed by atoms with Gasteiger partial charge in [-0.1, -0.05) is 31.0 Å². The third-order valence-electron chi connectivity index (χ3n) is 4.35. The fraction of sp³-hybridized carbons (Fsp3) is 0.438. The first-order valence-electron chi connectivity index (χ1n) is 7.70. The molecule has 6 nitrogen and oxygen atoms in total. The Kier molecular flexibility index (Phi) is 3.83. The fourth-order valence-corrected chi connectivity index (χ4v) is 3.30. The number of nitro groups is 1. The second kappa shape index (κ2) is 5.79. The quantitative estimate of drug-likeness (QED) is 0.694. The predicted octanol–water partition coefficient (Wildman–Crippen LogP) is 3.28. The predicted molar refractivity (Wildman–Crippen MR) is 86.4 cm³/mol. The SMILES string of the molecule is CCn1c(=O)c([N+](=O)[O-])c(NC2CCCC2)c2ccccc21. The van der Waals surface area contributed by atoms with Gasteiger partial charge in [-0.3, -0.25) is 14.9 Å². The molecule has 1 aromatic carbocycles. The molecular formula is C16H19N3O3. The Morgan fingerprint density at radius 2 is 2.00 bits per heavy atom. The number of benzene rings is 1. The molecule has 1 N–H and O–H groups in total. The van der Waals surface area contributed by atoms with Gasteiger partial charge in [-0.05, 0) is 25.8 Å². The molecule has 1 aromatic heterocycles. The molecule has 1 aliphatic rings. The van der Waals surface area contributed by atoms with Crippen LogP contribution < -0.4 is 10.9 Å². The zero-order valence-corrected chi connectivity index (χ0v) is 12.5. The molecule has 3 rings (SSSR count). The van der Waals surface area contributed by atoms with E-state index in [1.807, 2.05) is 31.2 Å². The van der Waals surface area contributed by atoms with Gasteiger partial charge in [0.15, 0.2) is 0 Å². The molecule has 116 valence electrons. The molecule has 1 heterocycles. The minimum atomic E-state index is -0.557. The zero-order chi connectivity index (χ0) is 15.7. The normalized spacial score (nSPS) is 15.3. The summed E-state index contributed by atoms with van der Waals surface area (Å²) in [7, 11) is 0. The molecular weight excluding hydrogens is 282 g/mol. The van der Waals surface area contributed by atoms with Gasteiger partial charge in [0.2, 0.25) is 0 Å². The van der Waals surface area contributed by atoms with Crippen LogP contribution in [0.5, 0.6) is 0 Å². The van der Waals surface area contributed by atoms with Gasteiger partial charge in [0.25, 0.3) is 0 Å². The van der Waals surface area contributed by atoms with Gasteiger partial charge in [-0.2, -0.15) is 0 Å². The lowest BCUT2D eigenvalue weighted by atomic mass is 10.1. The summed E-state index contributed by atoms with van der Waals surface area (Å²) in [5.41, 5.74) is 0.238. The average Bonchev–Trinajstić information content (AvgIpc) is 3.00. The summed E-state index contributed by atoms with van der Waals surface area (Å²) < 4.78 is 1.47. The summed E-state index contributed by atoms with van der Waals surface area (Å²) in [4.78, 5) is 23.5. The highest BCUT2D eigenvalue weighted by molar-refractivity contribution is 5.96. The summed E-state index contributed by atoms with van der Waals surface area (Å²) in [5.74, 6) is 0. The van der Waals surface area contributed by atoms with Gasteiger partial charge in [0.05, 0.1) is 10.4 Å². The topological polar surface area (TPSA) is 77.2 Å². The van der Waals surface area contributed by atoms with E-state index in [2.05, 4.69) is 5.32 Å². The first-order valence-corrected chi connectivity index (χ1v) is 7.70. The van der Waals surface area contributed by atoms with Crippen molar-refractivity contribution in [1.29, 1.82) is 0 Å². The summed E-state index contributed by atoms with van der Waals surface area (Å²) >= 11 is 0. The van der Waals surface area contributed by atoms with Crippen LogP contribution in [0.1, 0.15) is 32.6 Å². The fourth-order valence-electron chi connectivity index (χ4n) is 3.30. The van der Waals surface area contributed by atoms with E-state index >= 15 is 0 Å². The van der Waals surface area contributed by atoms with Crippen LogP contribution in [0.15, 0.2) is 29.1 Å². The van der Waals surface area contributed by atoms with Crippen LogP contribution >= 0.6 is 0 Å². The van der Waals surface area contributed by atoms with Crippen LogP contribution in [-0.2, 0) is 6.54 Å². The number of rotatable bonds is 4. The van der Waals surface area contributed by atoms with Crippen molar-refractivity contribution in [3.05, 3.63) is 44.7 Å². The minimum absolute atomic E-state index is 0.207. The number of nitrogens with zero attached hydrogens (tertiary/aromatic N) is 2. The maximum atomic E-state index is 12.5. The lowest BCUT2D eigenvalue weighted by Gasteiger charge is -2.17. The third kappa shape index (κ3) is 2.34. The number of hydrogen-bond acceptors (Lipinski definition) is 4. The zero-order valence-electron chi connectivity index (χ0n) is 12.5. The van der Waals surface area contributed by atoms with Crippen molar-refractivity contribution in [1.82, 2.24) is 4.57 Å². The van der Waals surface area contributed by atoms with Crippen molar-refractivity contribution in [2.24, 2.45) is 0 Å². The molecule has 0 radical (unpaired) electrons. The number of nitrogens with one attached hydrogen (secondary N) is 1. The molecule has 1 saturated carbocycles. The number of aromatic nitrogens is 1. The Morgan fingerprint density at radius 1 is 1.32 bits per heavy atom. The van der Waals surface area contributed by atoms with Gasteiger partial charge in [-0.25, -0.2) is 0 Å². The summed E-state index contributed by atoms with van der Waals surface area (Å²) in [6.07, 6.45) is 4.22. The molecule has 0 amide bonds. The Bertz CT molecular complexity index is 776. The van der Waals surface area contributed by atoms with Gasteiger partial charge in [0, 0.05) is 18.0 Å². The summed E-state index contributed by atoms with van der Waals surface area (Å²) in [6, 6.07) is 7.57. The van der Waals surface area contributed by atoms with Crippen LogP contribution in [-0.4, -0.2) is 15.5 Å². The van der Waals surface area contributed by atoms with Gasteiger partial charge >= 0.3 is 11.2 Å². The van der Waals surface area contributed by atoms with Crippen molar-refractivity contribution in [3.63, 3.8) is 0 Å². The third-order valence-corrected chi connectivity index (χ3v) is 4.35. The number of fused-ring (bicyclic) bond motifs is 1. The molecule has 0 spiro atoms. The maximum Gasteiger partial charge on any atom is 0.357 e. The van der Waals surface area contributed by atoms with Crippen LogP contribution in [0, 0.1) is 10.1 Å². The smallest absolute Gasteiger partial charge is 0.357 e. The van der Waals surface area contributed by atoms with Crippen molar-refractivity contribution < 1.29 is 4.92 Å². The van der Waals surface area contributed by atoms with Crippen LogP contribution in [0.4, 0.5) is 11.4 Å². The summed E-state index contributed by atoms with van der Waals surface area (Å²) in [6.45, 7) is 2.23. The largest absolute Gasteiger partial charge is 0.376 e. The van der Waals surface area contributed by atoms with Gasteiger partial charge in [-0.15, -0.1) is 0 Å². The second-order valence-corrected chi connectivity index (χ2v) is 5.67. The molecule has 0 bridgehead atoms. The second-order valence-electron chi connectivity index (χ2n) is 5.67. The van der Waals surface area contributed by atoms with E-state index in [4.69, 9.17) is 0 Å². The molecule has 0 aliphatic heterocycles. The van der Waals surface area contributed by atoms with Crippen LogP contribution in [0.3, 0.4) is 0 Å². The first kappa shape index (κ1) is 14.6. The molecule has 0 saturated heterocycles. The maximum absolute atomic E-state index is 12.5.